The maximum Gasteiger partial charge on any atom is 0.0731 e. The molecule has 0 fully saturated rings. The van der Waals surface area contributed by atoms with Gasteiger partial charge in [-0.1, -0.05) is 6.07 Å². The minimum atomic E-state index is 0.375. The Kier molecular flexibility index (Phi) is 2.93. The third-order valence-corrected chi connectivity index (χ3v) is 3.72. The highest BCUT2D eigenvalue weighted by Crippen LogP contribution is 2.34. The number of aromatic nitrogens is 2. The maximum atomic E-state index is 5.83. The number of aryl methyl sites for hydroxylation is 1. The van der Waals surface area contributed by atoms with Crippen molar-refractivity contribution in [1.82, 2.24) is 9.78 Å². The van der Waals surface area contributed by atoms with Gasteiger partial charge < -0.3 is 11.1 Å². The topological polar surface area (TPSA) is 55.9 Å². The lowest BCUT2D eigenvalue weighted by molar-refractivity contribution is 0.532. The molecule has 0 spiro atoms. The molecule has 1 heterocycles. The first kappa shape index (κ1) is 12.1. The van der Waals surface area contributed by atoms with Crippen molar-refractivity contribution in [2.24, 2.45) is 0 Å². The molecule has 1 aliphatic carbocycles. The van der Waals surface area contributed by atoms with Crippen LogP contribution in [0.25, 0.3) is 0 Å². The van der Waals surface area contributed by atoms with Crippen molar-refractivity contribution in [3.8, 4) is 0 Å². The van der Waals surface area contributed by atoms with Crippen molar-refractivity contribution in [2.75, 3.05) is 11.1 Å². The number of hydrogen-bond donors (Lipinski definition) is 2. The molecule has 0 aliphatic heterocycles. The van der Waals surface area contributed by atoms with Gasteiger partial charge in [0.05, 0.1) is 17.9 Å². The van der Waals surface area contributed by atoms with E-state index >= 15 is 0 Å². The quantitative estimate of drug-likeness (QED) is 0.829. The van der Waals surface area contributed by atoms with Crippen LogP contribution in [0.1, 0.15) is 43.5 Å². The standard InChI is InChI=1S/C15H20N4/c1-10(2)19-9-13(8-17-19)18-15-6-3-11-7-12(16)4-5-14(11)15/h4-5,7-10,15,18H,3,6,16H2,1-2H3. The molecule has 1 aromatic heterocycles. The smallest absolute Gasteiger partial charge is 0.0731 e. The number of nitrogen functional groups attached to an aromatic ring is 1. The zero-order chi connectivity index (χ0) is 13.4. The van der Waals surface area contributed by atoms with Gasteiger partial charge >= 0.3 is 0 Å². The predicted molar refractivity (Wildman–Crippen MR) is 78.2 cm³/mol. The van der Waals surface area contributed by atoms with Crippen LogP contribution in [0.15, 0.2) is 30.6 Å². The summed E-state index contributed by atoms with van der Waals surface area (Å²) >= 11 is 0. The van der Waals surface area contributed by atoms with E-state index in [-0.39, 0.29) is 0 Å². The number of fused-ring (bicyclic) bond motifs is 1. The lowest BCUT2D eigenvalue weighted by Crippen LogP contribution is -2.06. The van der Waals surface area contributed by atoms with Crippen LogP contribution in [-0.2, 0) is 6.42 Å². The van der Waals surface area contributed by atoms with Gasteiger partial charge in [0.25, 0.3) is 0 Å². The van der Waals surface area contributed by atoms with Crippen molar-refractivity contribution < 1.29 is 0 Å². The molecule has 0 saturated carbocycles. The van der Waals surface area contributed by atoms with Gasteiger partial charge in [0, 0.05) is 17.9 Å². The van der Waals surface area contributed by atoms with Crippen LogP contribution in [0, 0.1) is 0 Å². The molecule has 4 heteroatoms. The average molecular weight is 256 g/mol. The Labute approximate surface area is 113 Å². The Morgan fingerprint density at radius 2 is 2.26 bits per heavy atom. The van der Waals surface area contributed by atoms with Crippen LogP contribution in [0.3, 0.4) is 0 Å². The second kappa shape index (κ2) is 4.61. The van der Waals surface area contributed by atoms with Gasteiger partial charge in [-0.25, -0.2) is 0 Å². The van der Waals surface area contributed by atoms with Crippen molar-refractivity contribution in [3.05, 3.63) is 41.7 Å². The summed E-state index contributed by atoms with van der Waals surface area (Å²) in [6.07, 6.45) is 6.18. The summed E-state index contributed by atoms with van der Waals surface area (Å²) in [4.78, 5) is 0. The molecule has 1 unspecified atom stereocenters. The molecular formula is C15H20N4. The zero-order valence-corrected chi connectivity index (χ0v) is 11.4. The molecule has 3 N–H and O–H groups in total. The minimum absolute atomic E-state index is 0.375. The third kappa shape index (κ3) is 2.30. The Morgan fingerprint density at radius 1 is 1.42 bits per heavy atom. The van der Waals surface area contributed by atoms with Gasteiger partial charge in [0.1, 0.15) is 0 Å². The number of nitrogens with one attached hydrogen (secondary N) is 1. The Hall–Kier alpha value is -1.97. The van der Waals surface area contributed by atoms with E-state index in [0.29, 0.717) is 12.1 Å². The second-order valence-corrected chi connectivity index (χ2v) is 5.50. The van der Waals surface area contributed by atoms with E-state index in [2.05, 4.69) is 42.6 Å². The molecule has 1 aromatic carbocycles. The number of anilines is 2. The highest BCUT2D eigenvalue weighted by Gasteiger charge is 2.22. The number of nitrogens with zero attached hydrogens (tertiary/aromatic N) is 2. The molecule has 3 rings (SSSR count). The lowest BCUT2D eigenvalue weighted by atomic mass is 10.1. The summed E-state index contributed by atoms with van der Waals surface area (Å²) < 4.78 is 1.97. The maximum absolute atomic E-state index is 5.83. The molecule has 2 aromatic rings. The Bertz CT molecular complexity index is 586. The molecule has 0 amide bonds. The first-order valence-electron chi connectivity index (χ1n) is 6.82. The minimum Gasteiger partial charge on any atom is -0.399 e. The number of hydrogen-bond acceptors (Lipinski definition) is 3. The summed E-state index contributed by atoms with van der Waals surface area (Å²) in [5, 5.41) is 7.93. The SMILES string of the molecule is CC(C)n1cc(NC2CCc3cc(N)ccc32)cn1. The fourth-order valence-electron chi connectivity index (χ4n) is 2.68. The predicted octanol–water partition coefficient (Wildman–Crippen LogP) is 3.15. The van der Waals surface area contributed by atoms with Crippen molar-refractivity contribution in [1.29, 1.82) is 0 Å². The highest BCUT2D eigenvalue weighted by atomic mass is 15.3. The molecule has 1 atom stereocenters. The molecular weight excluding hydrogens is 236 g/mol. The van der Waals surface area contributed by atoms with Gasteiger partial charge in [-0.15, -0.1) is 0 Å². The first-order valence-corrected chi connectivity index (χ1v) is 6.82. The average Bonchev–Trinajstić information content (AvgIpc) is 2.97. The van der Waals surface area contributed by atoms with Gasteiger partial charge in [0.15, 0.2) is 0 Å². The number of rotatable bonds is 3. The van der Waals surface area contributed by atoms with E-state index in [9.17, 15) is 0 Å². The summed E-state index contributed by atoms with van der Waals surface area (Å²) in [6, 6.07) is 6.99. The van der Waals surface area contributed by atoms with Gasteiger partial charge in [-0.2, -0.15) is 5.10 Å². The van der Waals surface area contributed by atoms with Crippen LogP contribution in [0.4, 0.5) is 11.4 Å². The summed E-state index contributed by atoms with van der Waals surface area (Å²) in [5.74, 6) is 0. The van der Waals surface area contributed by atoms with Crippen molar-refractivity contribution in [2.45, 2.75) is 38.8 Å². The molecule has 1 aliphatic rings. The van der Waals surface area contributed by atoms with E-state index in [1.54, 1.807) is 0 Å². The lowest BCUT2D eigenvalue weighted by Gasteiger charge is -2.14. The van der Waals surface area contributed by atoms with Gasteiger partial charge in [-0.3, -0.25) is 4.68 Å². The Morgan fingerprint density at radius 3 is 3.00 bits per heavy atom. The second-order valence-electron chi connectivity index (χ2n) is 5.50. The van der Waals surface area contributed by atoms with Crippen molar-refractivity contribution >= 4 is 11.4 Å². The van der Waals surface area contributed by atoms with E-state index in [1.165, 1.54) is 11.1 Å². The molecule has 4 nitrogen and oxygen atoms in total. The van der Waals surface area contributed by atoms with Crippen molar-refractivity contribution in [3.63, 3.8) is 0 Å². The van der Waals surface area contributed by atoms with E-state index < -0.39 is 0 Å². The largest absolute Gasteiger partial charge is 0.399 e. The van der Waals surface area contributed by atoms with E-state index in [4.69, 9.17) is 5.73 Å². The normalized spacial score (nSPS) is 17.7. The van der Waals surface area contributed by atoms with E-state index in [1.807, 2.05) is 16.9 Å². The fraction of sp³-hybridized carbons (Fsp3) is 0.400. The summed E-state index contributed by atoms with van der Waals surface area (Å²) in [6.45, 7) is 4.26. The molecule has 19 heavy (non-hydrogen) atoms. The Balaban J connectivity index is 1.78. The highest BCUT2D eigenvalue weighted by molar-refractivity contribution is 5.51. The molecule has 0 radical (unpaired) electrons. The van der Waals surface area contributed by atoms with Crippen LogP contribution in [-0.4, -0.2) is 9.78 Å². The van der Waals surface area contributed by atoms with E-state index in [0.717, 1.165) is 24.2 Å². The fourth-order valence-corrected chi connectivity index (χ4v) is 2.68. The third-order valence-electron chi connectivity index (χ3n) is 3.72. The molecule has 0 bridgehead atoms. The number of benzene rings is 1. The van der Waals surface area contributed by atoms with Crippen LogP contribution >= 0.6 is 0 Å². The monoisotopic (exact) mass is 256 g/mol. The zero-order valence-electron chi connectivity index (χ0n) is 11.4. The molecule has 100 valence electrons. The van der Waals surface area contributed by atoms with Crippen LogP contribution in [0.2, 0.25) is 0 Å². The molecule has 0 saturated heterocycles. The van der Waals surface area contributed by atoms with Crippen LogP contribution < -0.4 is 11.1 Å². The van der Waals surface area contributed by atoms with Gasteiger partial charge in [0.2, 0.25) is 0 Å². The summed E-state index contributed by atoms with van der Waals surface area (Å²) in [7, 11) is 0. The number of nitrogens with two attached hydrogens (primary N) is 1. The van der Waals surface area contributed by atoms with Crippen LogP contribution in [0.5, 0.6) is 0 Å². The first-order chi connectivity index (χ1) is 9.13. The van der Waals surface area contributed by atoms with Gasteiger partial charge in [-0.05, 0) is 49.9 Å². The summed E-state index contributed by atoms with van der Waals surface area (Å²) in [5.41, 5.74) is 10.5.